The highest BCUT2D eigenvalue weighted by molar-refractivity contribution is 6.39. The Bertz CT molecular complexity index is 1170. The quantitative estimate of drug-likeness (QED) is 0.175. The van der Waals surface area contributed by atoms with Crippen molar-refractivity contribution in [3.63, 3.8) is 0 Å². The number of nitrogens with zero attached hydrogens (tertiary/aromatic N) is 1. The first-order chi connectivity index (χ1) is 16.5. The maximum Gasteiger partial charge on any atom is 0.343 e. The second-order valence-electron chi connectivity index (χ2n) is 6.77. The summed E-state index contributed by atoms with van der Waals surface area (Å²) < 4.78 is 15.8. The second-order valence-corrected chi connectivity index (χ2v) is 6.77. The van der Waals surface area contributed by atoms with Gasteiger partial charge in [-0.1, -0.05) is 12.1 Å². The fourth-order valence-electron chi connectivity index (χ4n) is 2.79. The van der Waals surface area contributed by atoms with Gasteiger partial charge in [0.25, 0.3) is 0 Å². The summed E-state index contributed by atoms with van der Waals surface area (Å²) in [4.78, 5) is 36.3. The molecule has 3 rings (SSSR count). The van der Waals surface area contributed by atoms with E-state index in [1.54, 1.807) is 72.8 Å². The summed E-state index contributed by atoms with van der Waals surface area (Å²) in [6.45, 7) is 2.42. The van der Waals surface area contributed by atoms with Gasteiger partial charge in [-0.05, 0) is 73.2 Å². The van der Waals surface area contributed by atoms with Crippen LogP contribution < -0.4 is 25.0 Å². The number of hydrogen-bond acceptors (Lipinski definition) is 7. The molecule has 0 atom stereocenters. The number of para-hydroxylation sites is 2. The lowest BCUT2D eigenvalue weighted by molar-refractivity contribution is -0.136. The van der Waals surface area contributed by atoms with E-state index in [4.69, 9.17) is 14.2 Å². The largest absolute Gasteiger partial charge is 0.495 e. The van der Waals surface area contributed by atoms with Crippen molar-refractivity contribution in [1.82, 2.24) is 5.43 Å². The fourth-order valence-corrected chi connectivity index (χ4v) is 2.79. The number of rotatable bonds is 8. The molecule has 2 amide bonds. The van der Waals surface area contributed by atoms with Gasteiger partial charge in [0.1, 0.15) is 17.2 Å². The van der Waals surface area contributed by atoms with Crippen LogP contribution in [-0.2, 0) is 9.59 Å². The normalized spacial score (nSPS) is 10.4. The molecule has 9 nitrogen and oxygen atoms in total. The first-order valence-corrected chi connectivity index (χ1v) is 10.3. The molecule has 3 aromatic carbocycles. The molecule has 0 aliphatic heterocycles. The lowest BCUT2D eigenvalue weighted by atomic mass is 10.2. The summed E-state index contributed by atoms with van der Waals surface area (Å²) in [5.41, 5.74) is 3.53. The molecule has 0 spiro atoms. The SMILES string of the molecule is CCOc1ccc(C(=O)Oc2ccc(/C=N\NC(=O)C(=O)Nc3ccccc3OC)cc2)cc1. The van der Waals surface area contributed by atoms with Gasteiger partial charge in [-0.3, -0.25) is 9.59 Å². The van der Waals surface area contributed by atoms with Gasteiger partial charge in [0.15, 0.2) is 0 Å². The highest BCUT2D eigenvalue weighted by Crippen LogP contribution is 2.22. The van der Waals surface area contributed by atoms with Gasteiger partial charge < -0.3 is 19.5 Å². The van der Waals surface area contributed by atoms with Crippen LogP contribution in [0.25, 0.3) is 0 Å². The predicted octanol–water partition coefficient (Wildman–Crippen LogP) is 3.40. The van der Waals surface area contributed by atoms with E-state index in [2.05, 4.69) is 15.8 Å². The molecule has 0 aromatic heterocycles. The van der Waals surface area contributed by atoms with Gasteiger partial charge in [-0.2, -0.15) is 5.10 Å². The smallest absolute Gasteiger partial charge is 0.343 e. The number of benzene rings is 3. The zero-order chi connectivity index (χ0) is 24.3. The number of methoxy groups -OCH3 is 1. The number of hydrazone groups is 1. The molecule has 174 valence electrons. The number of anilines is 1. The Balaban J connectivity index is 1.50. The van der Waals surface area contributed by atoms with Crippen molar-refractivity contribution in [2.75, 3.05) is 19.0 Å². The third-order valence-corrected chi connectivity index (χ3v) is 4.43. The molecule has 3 aromatic rings. The summed E-state index contributed by atoms with van der Waals surface area (Å²) in [5.74, 6) is -0.891. The molecule has 0 saturated heterocycles. The summed E-state index contributed by atoms with van der Waals surface area (Å²) in [7, 11) is 1.46. The number of nitrogens with one attached hydrogen (secondary N) is 2. The van der Waals surface area contributed by atoms with E-state index < -0.39 is 17.8 Å². The monoisotopic (exact) mass is 461 g/mol. The van der Waals surface area contributed by atoms with E-state index in [9.17, 15) is 14.4 Å². The molecule has 0 fully saturated rings. The molecular formula is C25H23N3O6. The number of carbonyl (C=O) groups excluding carboxylic acids is 3. The second kappa shape index (κ2) is 11.8. The summed E-state index contributed by atoms with van der Waals surface area (Å²) in [6, 6.07) is 19.8. The van der Waals surface area contributed by atoms with Crippen molar-refractivity contribution in [3.8, 4) is 17.2 Å². The van der Waals surface area contributed by atoms with Crippen LogP contribution in [0.2, 0.25) is 0 Å². The summed E-state index contributed by atoms with van der Waals surface area (Å²) in [5, 5.41) is 6.23. The van der Waals surface area contributed by atoms with Crippen molar-refractivity contribution >= 4 is 29.7 Å². The maximum atomic E-state index is 12.3. The maximum absolute atomic E-state index is 12.3. The molecule has 0 saturated carbocycles. The minimum atomic E-state index is -0.942. The van der Waals surface area contributed by atoms with Crippen LogP contribution in [0.4, 0.5) is 5.69 Å². The minimum Gasteiger partial charge on any atom is -0.495 e. The van der Waals surface area contributed by atoms with Crippen LogP contribution >= 0.6 is 0 Å². The van der Waals surface area contributed by atoms with Crippen molar-refractivity contribution in [3.05, 3.63) is 83.9 Å². The number of carbonyl (C=O) groups is 3. The molecular weight excluding hydrogens is 438 g/mol. The average molecular weight is 461 g/mol. The van der Waals surface area contributed by atoms with E-state index in [1.165, 1.54) is 13.3 Å². The fraction of sp³-hybridized carbons (Fsp3) is 0.120. The Morgan fingerprint density at radius 2 is 1.56 bits per heavy atom. The molecule has 0 unspecified atom stereocenters. The topological polar surface area (TPSA) is 115 Å². The zero-order valence-electron chi connectivity index (χ0n) is 18.6. The van der Waals surface area contributed by atoms with Crippen molar-refractivity contribution in [1.29, 1.82) is 0 Å². The van der Waals surface area contributed by atoms with E-state index >= 15 is 0 Å². The van der Waals surface area contributed by atoms with Crippen LogP contribution in [0.5, 0.6) is 17.2 Å². The summed E-state index contributed by atoms with van der Waals surface area (Å²) >= 11 is 0. The van der Waals surface area contributed by atoms with Crippen LogP contribution in [0.15, 0.2) is 77.9 Å². The molecule has 0 aliphatic carbocycles. The first kappa shape index (κ1) is 24.0. The van der Waals surface area contributed by atoms with Crippen LogP contribution in [0.3, 0.4) is 0 Å². The van der Waals surface area contributed by atoms with Gasteiger partial charge >= 0.3 is 17.8 Å². The Hall–Kier alpha value is -4.66. The summed E-state index contributed by atoms with van der Waals surface area (Å²) in [6.07, 6.45) is 1.35. The van der Waals surface area contributed by atoms with E-state index in [-0.39, 0.29) is 0 Å². The van der Waals surface area contributed by atoms with Gasteiger partial charge in [-0.25, -0.2) is 10.2 Å². The van der Waals surface area contributed by atoms with Crippen LogP contribution in [0, 0.1) is 0 Å². The molecule has 0 aliphatic rings. The van der Waals surface area contributed by atoms with E-state index in [1.807, 2.05) is 6.92 Å². The first-order valence-electron chi connectivity index (χ1n) is 10.3. The van der Waals surface area contributed by atoms with Crippen molar-refractivity contribution in [2.45, 2.75) is 6.92 Å². The highest BCUT2D eigenvalue weighted by atomic mass is 16.5. The standard InChI is InChI=1S/C25H23N3O6/c1-3-33-19-14-10-18(11-15-19)25(31)34-20-12-8-17(9-13-20)16-26-28-24(30)23(29)27-21-6-4-5-7-22(21)32-2/h4-16H,3H2,1-2H3,(H,27,29)(H,28,30)/b26-16-. The molecule has 0 radical (unpaired) electrons. The zero-order valence-corrected chi connectivity index (χ0v) is 18.6. The van der Waals surface area contributed by atoms with Crippen molar-refractivity contribution < 1.29 is 28.6 Å². The Morgan fingerprint density at radius 1 is 0.882 bits per heavy atom. The Labute approximate surface area is 196 Å². The number of esters is 1. The van der Waals surface area contributed by atoms with Crippen LogP contribution in [0.1, 0.15) is 22.8 Å². The lowest BCUT2D eigenvalue weighted by Gasteiger charge is -2.08. The van der Waals surface area contributed by atoms with Gasteiger partial charge in [0.2, 0.25) is 0 Å². The van der Waals surface area contributed by atoms with Crippen LogP contribution in [-0.4, -0.2) is 37.7 Å². The molecule has 0 heterocycles. The predicted molar refractivity (Wildman–Crippen MR) is 126 cm³/mol. The van der Waals surface area contributed by atoms with E-state index in [0.29, 0.717) is 40.7 Å². The van der Waals surface area contributed by atoms with E-state index in [0.717, 1.165) is 0 Å². The van der Waals surface area contributed by atoms with Crippen molar-refractivity contribution in [2.24, 2.45) is 5.10 Å². The third-order valence-electron chi connectivity index (χ3n) is 4.43. The minimum absolute atomic E-state index is 0.344. The molecule has 9 heteroatoms. The third kappa shape index (κ3) is 6.67. The number of hydrogen-bond donors (Lipinski definition) is 2. The number of amides is 2. The molecule has 2 N–H and O–H groups in total. The number of ether oxygens (including phenoxy) is 3. The molecule has 0 bridgehead atoms. The van der Waals surface area contributed by atoms with Gasteiger partial charge in [0.05, 0.1) is 31.2 Å². The molecule has 34 heavy (non-hydrogen) atoms. The highest BCUT2D eigenvalue weighted by Gasteiger charge is 2.15. The lowest BCUT2D eigenvalue weighted by Crippen LogP contribution is -2.32. The van der Waals surface area contributed by atoms with Gasteiger partial charge in [0, 0.05) is 0 Å². The van der Waals surface area contributed by atoms with Gasteiger partial charge in [-0.15, -0.1) is 0 Å². The Morgan fingerprint density at radius 3 is 2.24 bits per heavy atom. The Kier molecular flexibility index (Phi) is 8.34. The average Bonchev–Trinajstić information content (AvgIpc) is 2.86.